The van der Waals surface area contributed by atoms with Crippen LogP contribution >= 0.6 is 0 Å². The van der Waals surface area contributed by atoms with Gasteiger partial charge in [-0.05, 0) is 26.3 Å². The van der Waals surface area contributed by atoms with Gasteiger partial charge in [0, 0.05) is 45.5 Å². The lowest BCUT2D eigenvalue weighted by Gasteiger charge is -2.34. The van der Waals surface area contributed by atoms with E-state index in [1.807, 2.05) is 6.92 Å². The van der Waals surface area contributed by atoms with Crippen molar-refractivity contribution in [1.82, 2.24) is 20.2 Å². The highest BCUT2D eigenvalue weighted by atomic mass is 16.5. The molecule has 0 aliphatic carbocycles. The van der Waals surface area contributed by atoms with Crippen LogP contribution in [0.5, 0.6) is 0 Å². The van der Waals surface area contributed by atoms with E-state index in [1.54, 1.807) is 6.20 Å². The molecular weight excluding hydrogens is 306 g/mol. The van der Waals surface area contributed by atoms with Crippen LogP contribution < -0.4 is 10.2 Å². The summed E-state index contributed by atoms with van der Waals surface area (Å²) < 4.78 is 5.53. The molecule has 1 aromatic heterocycles. The highest BCUT2D eigenvalue weighted by Crippen LogP contribution is 2.14. The molecule has 0 aromatic carbocycles. The maximum Gasteiger partial charge on any atom is 0.254 e. The Hall–Kier alpha value is -1.73. The number of piperazine rings is 1. The van der Waals surface area contributed by atoms with Crippen molar-refractivity contribution in [3.05, 3.63) is 17.5 Å². The summed E-state index contributed by atoms with van der Waals surface area (Å²) in [6.45, 7) is 10.4. The summed E-state index contributed by atoms with van der Waals surface area (Å²) in [5.74, 6) is 0.601. The highest BCUT2D eigenvalue weighted by Gasteiger charge is 2.21. The van der Waals surface area contributed by atoms with E-state index < -0.39 is 0 Å². The number of carbonyl (C=O) groups excluding carboxylic acids is 1. The van der Waals surface area contributed by atoms with Gasteiger partial charge in [0.25, 0.3) is 5.91 Å². The lowest BCUT2D eigenvalue weighted by molar-refractivity contribution is 0.0856. The number of carbonyl (C=O) groups is 1. The fourth-order valence-electron chi connectivity index (χ4n) is 3.20. The van der Waals surface area contributed by atoms with Crippen LogP contribution in [0.2, 0.25) is 0 Å². The van der Waals surface area contributed by atoms with Gasteiger partial charge in [0.1, 0.15) is 0 Å². The standard InChI is InChI=1S/C17H27N5O2/c1-3-21-6-8-22(9-7-21)17-19-12-15(13(2)20-17)16(23)18-11-14-5-4-10-24-14/h12,14H,3-11H2,1-2H3,(H,18,23). The van der Waals surface area contributed by atoms with Crippen LogP contribution in [0.15, 0.2) is 6.20 Å². The van der Waals surface area contributed by atoms with Crippen LogP contribution in [-0.2, 0) is 4.74 Å². The Labute approximate surface area is 143 Å². The Morgan fingerprint density at radius 1 is 1.38 bits per heavy atom. The molecule has 1 unspecified atom stereocenters. The summed E-state index contributed by atoms with van der Waals surface area (Å²) in [6.07, 6.45) is 3.87. The molecule has 2 aliphatic heterocycles. The van der Waals surface area contributed by atoms with E-state index in [4.69, 9.17) is 4.74 Å². The van der Waals surface area contributed by atoms with Crippen LogP contribution in [0.25, 0.3) is 0 Å². The van der Waals surface area contributed by atoms with Crippen LogP contribution in [0.4, 0.5) is 5.95 Å². The van der Waals surface area contributed by atoms with E-state index in [1.165, 1.54) is 0 Å². The third kappa shape index (κ3) is 4.02. The molecule has 0 spiro atoms. The fourth-order valence-corrected chi connectivity index (χ4v) is 3.20. The number of nitrogens with one attached hydrogen (secondary N) is 1. The van der Waals surface area contributed by atoms with Gasteiger partial charge >= 0.3 is 0 Å². The Balaban J connectivity index is 1.58. The number of ether oxygens (including phenoxy) is 1. The number of nitrogens with zero attached hydrogens (tertiary/aromatic N) is 4. The maximum absolute atomic E-state index is 12.3. The first-order chi connectivity index (χ1) is 11.7. The van der Waals surface area contributed by atoms with Crippen LogP contribution in [0.1, 0.15) is 35.8 Å². The molecule has 1 amide bonds. The third-order valence-electron chi connectivity index (χ3n) is 4.83. The minimum absolute atomic E-state index is 0.120. The molecule has 3 rings (SSSR count). The summed E-state index contributed by atoms with van der Waals surface area (Å²) in [5.41, 5.74) is 1.27. The molecule has 2 saturated heterocycles. The van der Waals surface area contributed by atoms with Crippen molar-refractivity contribution in [2.24, 2.45) is 0 Å². The topological polar surface area (TPSA) is 70.6 Å². The third-order valence-corrected chi connectivity index (χ3v) is 4.83. The molecule has 24 heavy (non-hydrogen) atoms. The average molecular weight is 333 g/mol. The quantitative estimate of drug-likeness (QED) is 0.861. The molecular formula is C17H27N5O2. The Bertz CT molecular complexity index is 566. The summed E-state index contributed by atoms with van der Waals surface area (Å²) in [7, 11) is 0. The first-order valence-corrected chi connectivity index (χ1v) is 8.88. The second-order valence-corrected chi connectivity index (χ2v) is 6.44. The van der Waals surface area contributed by atoms with Crippen LogP contribution in [0.3, 0.4) is 0 Å². The molecule has 0 radical (unpaired) electrons. The molecule has 1 aromatic rings. The normalized spacial score (nSPS) is 21.9. The number of hydrogen-bond donors (Lipinski definition) is 1. The van der Waals surface area contributed by atoms with Crippen molar-refractivity contribution in [3.8, 4) is 0 Å². The Kier molecular flexibility index (Phi) is 5.63. The number of aryl methyl sites for hydroxylation is 1. The zero-order chi connectivity index (χ0) is 16.9. The number of hydrogen-bond acceptors (Lipinski definition) is 6. The fraction of sp³-hybridized carbons (Fsp3) is 0.706. The van der Waals surface area contributed by atoms with Crippen LogP contribution in [-0.4, -0.2) is 72.8 Å². The molecule has 7 nitrogen and oxygen atoms in total. The second-order valence-electron chi connectivity index (χ2n) is 6.44. The second kappa shape index (κ2) is 7.90. The van der Waals surface area contributed by atoms with Gasteiger partial charge in [-0.15, -0.1) is 0 Å². The summed E-state index contributed by atoms with van der Waals surface area (Å²) in [5, 5.41) is 2.93. The Morgan fingerprint density at radius 3 is 2.79 bits per heavy atom. The van der Waals surface area contributed by atoms with Gasteiger partial charge in [-0.3, -0.25) is 4.79 Å². The van der Waals surface area contributed by atoms with E-state index in [9.17, 15) is 4.79 Å². The van der Waals surface area contributed by atoms with Gasteiger partial charge in [-0.2, -0.15) is 0 Å². The summed E-state index contributed by atoms with van der Waals surface area (Å²) >= 11 is 0. The van der Waals surface area contributed by atoms with Gasteiger partial charge < -0.3 is 19.9 Å². The first kappa shape index (κ1) is 17.1. The Morgan fingerprint density at radius 2 is 2.17 bits per heavy atom. The monoisotopic (exact) mass is 333 g/mol. The average Bonchev–Trinajstić information content (AvgIpc) is 3.13. The highest BCUT2D eigenvalue weighted by molar-refractivity contribution is 5.95. The van der Waals surface area contributed by atoms with Crippen molar-refractivity contribution in [1.29, 1.82) is 0 Å². The van der Waals surface area contributed by atoms with E-state index >= 15 is 0 Å². The van der Waals surface area contributed by atoms with Crippen molar-refractivity contribution >= 4 is 11.9 Å². The molecule has 2 fully saturated rings. The first-order valence-electron chi connectivity index (χ1n) is 8.88. The molecule has 132 valence electrons. The van der Waals surface area contributed by atoms with Gasteiger partial charge in [0.05, 0.1) is 17.4 Å². The van der Waals surface area contributed by atoms with E-state index in [2.05, 4.69) is 32.0 Å². The molecule has 0 bridgehead atoms. The smallest absolute Gasteiger partial charge is 0.254 e. The predicted molar refractivity (Wildman–Crippen MR) is 92.4 cm³/mol. The minimum Gasteiger partial charge on any atom is -0.376 e. The van der Waals surface area contributed by atoms with Crippen molar-refractivity contribution < 1.29 is 9.53 Å². The van der Waals surface area contributed by atoms with Gasteiger partial charge in [0.15, 0.2) is 0 Å². The van der Waals surface area contributed by atoms with Crippen LogP contribution in [0, 0.1) is 6.92 Å². The number of likely N-dealkylation sites (N-methyl/N-ethyl adjacent to an activating group) is 1. The van der Waals surface area contributed by atoms with E-state index in [-0.39, 0.29) is 12.0 Å². The largest absolute Gasteiger partial charge is 0.376 e. The summed E-state index contributed by atoms with van der Waals surface area (Å²) in [4.78, 5) is 25.9. The minimum atomic E-state index is -0.120. The summed E-state index contributed by atoms with van der Waals surface area (Å²) in [6, 6.07) is 0. The molecule has 7 heteroatoms. The molecule has 3 heterocycles. The van der Waals surface area contributed by atoms with Crippen molar-refractivity contribution in [2.45, 2.75) is 32.8 Å². The number of aromatic nitrogens is 2. The molecule has 0 saturated carbocycles. The number of anilines is 1. The molecule has 1 N–H and O–H groups in total. The van der Waals surface area contributed by atoms with Crippen molar-refractivity contribution in [2.75, 3.05) is 50.8 Å². The van der Waals surface area contributed by atoms with Crippen molar-refractivity contribution in [3.63, 3.8) is 0 Å². The van der Waals surface area contributed by atoms with E-state index in [0.717, 1.165) is 63.8 Å². The lowest BCUT2D eigenvalue weighted by Crippen LogP contribution is -2.46. The maximum atomic E-state index is 12.3. The molecule has 2 aliphatic rings. The number of rotatable bonds is 5. The molecule has 1 atom stereocenters. The van der Waals surface area contributed by atoms with Gasteiger partial charge in [0.2, 0.25) is 5.95 Å². The van der Waals surface area contributed by atoms with E-state index in [0.29, 0.717) is 12.1 Å². The zero-order valence-electron chi connectivity index (χ0n) is 14.6. The van der Waals surface area contributed by atoms with Gasteiger partial charge in [-0.1, -0.05) is 6.92 Å². The zero-order valence-corrected chi connectivity index (χ0v) is 14.6. The predicted octanol–water partition coefficient (Wildman–Crippen LogP) is 0.836. The lowest BCUT2D eigenvalue weighted by atomic mass is 10.2. The van der Waals surface area contributed by atoms with Gasteiger partial charge in [-0.25, -0.2) is 9.97 Å². The number of amides is 1. The SMILES string of the molecule is CCN1CCN(c2ncc(C(=O)NCC3CCCO3)c(C)n2)CC1.